The molecule has 5 nitrogen and oxygen atoms in total. The summed E-state index contributed by atoms with van der Waals surface area (Å²) in [5.41, 5.74) is 2.08. The molecular weight excluding hydrogens is 295 g/mol. The van der Waals surface area contributed by atoms with Crippen molar-refractivity contribution in [1.82, 2.24) is 10.3 Å². The van der Waals surface area contributed by atoms with Gasteiger partial charge >= 0.3 is 0 Å². The van der Waals surface area contributed by atoms with Gasteiger partial charge in [0.2, 0.25) is 0 Å². The number of piperazine rings is 1. The quantitative estimate of drug-likeness (QED) is 0.912. The van der Waals surface area contributed by atoms with Crippen molar-refractivity contribution in [2.24, 2.45) is 0 Å². The lowest BCUT2D eigenvalue weighted by Gasteiger charge is -2.29. The number of anilines is 2. The largest absolute Gasteiger partial charge is 0.368 e. The molecule has 0 bridgehead atoms. The fraction of sp³-hybridized carbons (Fsp3) is 0.294. The van der Waals surface area contributed by atoms with E-state index in [1.54, 1.807) is 19.2 Å². The highest BCUT2D eigenvalue weighted by atomic mass is 19.1. The van der Waals surface area contributed by atoms with Crippen LogP contribution in [0.2, 0.25) is 0 Å². The molecule has 1 fully saturated rings. The molecule has 1 amide bonds. The van der Waals surface area contributed by atoms with Crippen LogP contribution in [0.4, 0.5) is 15.9 Å². The van der Waals surface area contributed by atoms with E-state index >= 15 is 0 Å². The molecular formula is C17H19FN4O. The van der Waals surface area contributed by atoms with Crippen LogP contribution in [0.5, 0.6) is 0 Å². The molecule has 3 rings (SSSR count). The SMILES string of the molecule is Cc1cc(F)ccc1C(=O)Nc1ccc(N2CCNCC2)cn1. The molecule has 2 N–H and O–H groups in total. The van der Waals surface area contributed by atoms with E-state index in [0.29, 0.717) is 16.9 Å². The lowest BCUT2D eigenvalue weighted by atomic mass is 10.1. The molecule has 120 valence electrons. The summed E-state index contributed by atoms with van der Waals surface area (Å²) in [4.78, 5) is 18.8. The monoisotopic (exact) mass is 314 g/mol. The van der Waals surface area contributed by atoms with Gasteiger partial charge in [0.1, 0.15) is 11.6 Å². The summed E-state index contributed by atoms with van der Waals surface area (Å²) < 4.78 is 13.1. The normalized spacial score (nSPS) is 14.6. The standard InChI is InChI=1S/C17H19FN4O/c1-12-10-13(18)2-4-15(12)17(23)21-16-5-3-14(11-20-16)22-8-6-19-7-9-22/h2-5,10-11,19H,6-9H2,1H3,(H,20,21,23). The van der Waals surface area contributed by atoms with E-state index in [1.807, 2.05) is 6.07 Å². The van der Waals surface area contributed by atoms with Crippen LogP contribution in [-0.2, 0) is 0 Å². The molecule has 1 aromatic carbocycles. The topological polar surface area (TPSA) is 57.3 Å². The zero-order chi connectivity index (χ0) is 16.2. The van der Waals surface area contributed by atoms with Crippen molar-refractivity contribution in [1.29, 1.82) is 0 Å². The van der Waals surface area contributed by atoms with Gasteiger partial charge < -0.3 is 15.5 Å². The predicted molar refractivity (Wildman–Crippen MR) is 88.4 cm³/mol. The number of halogens is 1. The molecule has 1 aromatic heterocycles. The summed E-state index contributed by atoms with van der Waals surface area (Å²) in [5, 5.41) is 6.05. The Bertz CT molecular complexity index is 696. The van der Waals surface area contributed by atoms with Crippen molar-refractivity contribution >= 4 is 17.4 Å². The molecule has 6 heteroatoms. The second kappa shape index (κ2) is 6.75. The number of carbonyl (C=O) groups excluding carboxylic acids is 1. The maximum Gasteiger partial charge on any atom is 0.257 e. The molecule has 1 aliphatic heterocycles. The van der Waals surface area contributed by atoms with Crippen molar-refractivity contribution in [3.05, 3.63) is 53.5 Å². The lowest BCUT2D eigenvalue weighted by Crippen LogP contribution is -2.43. The first kappa shape index (κ1) is 15.4. The van der Waals surface area contributed by atoms with Gasteiger partial charge in [0.15, 0.2) is 0 Å². The van der Waals surface area contributed by atoms with E-state index in [-0.39, 0.29) is 11.7 Å². The number of carbonyl (C=O) groups is 1. The van der Waals surface area contributed by atoms with Crippen molar-refractivity contribution in [2.75, 3.05) is 36.4 Å². The van der Waals surface area contributed by atoms with E-state index < -0.39 is 0 Å². The molecule has 23 heavy (non-hydrogen) atoms. The van der Waals surface area contributed by atoms with Gasteiger partial charge in [-0.1, -0.05) is 0 Å². The molecule has 0 unspecified atom stereocenters. The third-order valence-electron chi connectivity index (χ3n) is 3.90. The fourth-order valence-electron chi connectivity index (χ4n) is 2.64. The number of pyridine rings is 1. The third-order valence-corrected chi connectivity index (χ3v) is 3.90. The van der Waals surface area contributed by atoms with Crippen LogP contribution < -0.4 is 15.5 Å². The first-order chi connectivity index (χ1) is 11.1. The van der Waals surface area contributed by atoms with Gasteiger partial charge in [-0.25, -0.2) is 9.37 Å². The van der Waals surface area contributed by atoms with Gasteiger partial charge in [-0.3, -0.25) is 4.79 Å². The summed E-state index contributed by atoms with van der Waals surface area (Å²) in [5.74, 6) is -0.153. The number of hydrogen-bond donors (Lipinski definition) is 2. The Balaban J connectivity index is 1.69. The van der Waals surface area contributed by atoms with Crippen LogP contribution in [0, 0.1) is 12.7 Å². The van der Waals surface area contributed by atoms with Crippen molar-refractivity contribution in [3.63, 3.8) is 0 Å². The summed E-state index contributed by atoms with van der Waals surface area (Å²) in [7, 11) is 0. The third kappa shape index (κ3) is 3.65. The van der Waals surface area contributed by atoms with Crippen molar-refractivity contribution in [3.8, 4) is 0 Å². The number of nitrogens with zero attached hydrogens (tertiary/aromatic N) is 2. The molecule has 2 aromatic rings. The second-order valence-corrected chi connectivity index (χ2v) is 5.55. The predicted octanol–water partition coefficient (Wildman–Crippen LogP) is 2.19. The van der Waals surface area contributed by atoms with Crippen LogP contribution in [0.25, 0.3) is 0 Å². The van der Waals surface area contributed by atoms with Gasteiger partial charge in [-0.2, -0.15) is 0 Å². The van der Waals surface area contributed by atoms with Crippen molar-refractivity contribution < 1.29 is 9.18 Å². The summed E-state index contributed by atoms with van der Waals surface area (Å²) in [6.45, 7) is 5.52. The zero-order valence-corrected chi connectivity index (χ0v) is 13.0. The van der Waals surface area contributed by atoms with E-state index in [4.69, 9.17) is 0 Å². The molecule has 1 aliphatic rings. The van der Waals surface area contributed by atoms with Gasteiger partial charge in [0.05, 0.1) is 11.9 Å². The smallest absolute Gasteiger partial charge is 0.257 e. The first-order valence-corrected chi connectivity index (χ1v) is 7.63. The number of amides is 1. The van der Waals surface area contributed by atoms with Gasteiger partial charge in [-0.05, 0) is 42.8 Å². The highest BCUT2D eigenvalue weighted by molar-refractivity contribution is 6.04. The highest BCUT2D eigenvalue weighted by Crippen LogP contribution is 2.17. The van der Waals surface area contributed by atoms with Crippen LogP contribution >= 0.6 is 0 Å². The molecule has 0 spiro atoms. The number of hydrogen-bond acceptors (Lipinski definition) is 4. The van der Waals surface area contributed by atoms with Gasteiger partial charge in [0, 0.05) is 31.7 Å². The van der Waals surface area contributed by atoms with E-state index in [2.05, 4.69) is 20.5 Å². The molecule has 0 atom stereocenters. The second-order valence-electron chi connectivity index (χ2n) is 5.55. The Labute approximate surface area is 134 Å². The van der Waals surface area contributed by atoms with Crippen molar-refractivity contribution in [2.45, 2.75) is 6.92 Å². The average molecular weight is 314 g/mol. The Morgan fingerprint density at radius 2 is 2.04 bits per heavy atom. The van der Waals surface area contributed by atoms with Crippen LogP contribution in [0.15, 0.2) is 36.5 Å². The molecule has 1 saturated heterocycles. The van der Waals surface area contributed by atoms with Crippen LogP contribution in [-0.4, -0.2) is 37.1 Å². The number of benzene rings is 1. The Morgan fingerprint density at radius 3 is 2.70 bits per heavy atom. The molecule has 2 heterocycles. The fourth-order valence-corrected chi connectivity index (χ4v) is 2.64. The average Bonchev–Trinajstić information content (AvgIpc) is 2.56. The number of rotatable bonds is 3. The Kier molecular flexibility index (Phi) is 4.52. The maximum absolute atomic E-state index is 13.1. The highest BCUT2D eigenvalue weighted by Gasteiger charge is 2.13. The number of aromatic nitrogens is 1. The summed E-state index contributed by atoms with van der Waals surface area (Å²) in [6.07, 6.45) is 1.76. The Morgan fingerprint density at radius 1 is 1.26 bits per heavy atom. The molecule has 0 aliphatic carbocycles. The minimum Gasteiger partial charge on any atom is -0.368 e. The number of aryl methyl sites for hydroxylation is 1. The summed E-state index contributed by atoms with van der Waals surface area (Å²) in [6, 6.07) is 7.84. The van der Waals surface area contributed by atoms with Gasteiger partial charge in [0.25, 0.3) is 5.91 Å². The molecule has 0 radical (unpaired) electrons. The minimum absolute atomic E-state index is 0.287. The first-order valence-electron chi connectivity index (χ1n) is 7.63. The summed E-state index contributed by atoms with van der Waals surface area (Å²) >= 11 is 0. The van der Waals surface area contributed by atoms with E-state index in [0.717, 1.165) is 31.9 Å². The van der Waals surface area contributed by atoms with Crippen LogP contribution in [0.1, 0.15) is 15.9 Å². The maximum atomic E-state index is 13.1. The molecule has 0 saturated carbocycles. The number of nitrogens with one attached hydrogen (secondary N) is 2. The van der Waals surface area contributed by atoms with E-state index in [9.17, 15) is 9.18 Å². The van der Waals surface area contributed by atoms with Crippen LogP contribution in [0.3, 0.4) is 0 Å². The van der Waals surface area contributed by atoms with E-state index in [1.165, 1.54) is 18.2 Å². The zero-order valence-electron chi connectivity index (χ0n) is 13.0. The Hall–Kier alpha value is -2.47. The minimum atomic E-state index is -0.349. The van der Waals surface area contributed by atoms with Gasteiger partial charge in [-0.15, -0.1) is 0 Å². The lowest BCUT2D eigenvalue weighted by molar-refractivity contribution is 0.102.